The van der Waals surface area contributed by atoms with Crippen LogP contribution in [0.4, 0.5) is 126 Å². The minimum atomic E-state index is -1.61. The van der Waals surface area contributed by atoms with E-state index in [0.29, 0.717) is 121 Å². The maximum absolute atomic E-state index is 12.4. The zero-order chi connectivity index (χ0) is 107. The van der Waals surface area contributed by atoms with Crippen molar-refractivity contribution in [3.63, 3.8) is 0 Å². The molecule has 42 nitrogen and oxygen atoms in total. The number of hydrogen-bond acceptors (Lipinski definition) is 36. The first-order chi connectivity index (χ1) is 70.0. The number of benzene rings is 6. The molecule has 0 saturated carbocycles. The van der Waals surface area contributed by atoms with Crippen molar-refractivity contribution in [3.05, 3.63) is 239 Å². The Morgan fingerprint density at radius 2 is 0.741 bits per heavy atom. The quantitative estimate of drug-likeness (QED) is 0.0307. The fraction of sp³-hybridized carbons (Fsp3) is 0.365. The van der Waals surface area contributed by atoms with Crippen LogP contribution in [0.15, 0.2) is 138 Å². The number of aromatic amines is 6. The van der Waals surface area contributed by atoms with E-state index < -0.39 is 30.5 Å². The van der Waals surface area contributed by atoms with E-state index in [1.807, 2.05) is 120 Å². The third kappa shape index (κ3) is 24.8. The average molecular weight is 2030 g/mol. The third-order valence-electron chi connectivity index (χ3n) is 24.4. The highest BCUT2D eigenvalue weighted by Crippen LogP contribution is 2.45. The van der Waals surface area contributed by atoms with Gasteiger partial charge in [-0.15, -0.1) is 0 Å². The highest BCUT2D eigenvalue weighted by Gasteiger charge is 2.34. The third-order valence-corrected chi connectivity index (χ3v) is 24.8. The van der Waals surface area contributed by atoms with E-state index in [0.717, 1.165) is 179 Å². The molecule has 6 aliphatic heterocycles. The number of rotatable bonds is 28. The lowest BCUT2D eigenvalue weighted by atomic mass is 10.1. The van der Waals surface area contributed by atoms with E-state index in [9.17, 15) is 49.2 Å². The van der Waals surface area contributed by atoms with Crippen LogP contribution in [-0.4, -0.2) is 242 Å². The Kier molecular flexibility index (Phi) is 35.1. The first-order valence-corrected chi connectivity index (χ1v) is 48.6. The number of likely N-dealkylation sites (N-methyl/N-ethyl adjacent to an activating group) is 1. The maximum Gasteiger partial charge on any atom is 0.279 e. The van der Waals surface area contributed by atoms with Gasteiger partial charge in [0.15, 0.2) is 67.1 Å². The summed E-state index contributed by atoms with van der Waals surface area (Å²) in [5.41, 5.74) is 18.6. The molecular weight excluding hydrogens is 1900 g/mol. The summed E-state index contributed by atoms with van der Waals surface area (Å²) in [5, 5.41) is 65.8. The molecule has 6 aromatic carbocycles. The number of fused-ring (bicyclic) bond motifs is 12. The lowest BCUT2D eigenvalue weighted by Gasteiger charge is -2.32. The van der Waals surface area contributed by atoms with Crippen molar-refractivity contribution in [3.8, 4) is 5.75 Å². The van der Waals surface area contributed by atoms with Crippen LogP contribution < -0.4 is 153 Å². The number of halogens is 1. The average Bonchev–Trinajstić information content (AvgIpc) is 0.757. The molecule has 774 valence electrons. The second-order valence-electron chi connectivity index (χ2n) is 36.7. The van der Waals surface area contributed by atoms with Crippen LogP contribution >= 0.6 is 11.6 Å². The molecular formula is C104H128ClN29O13. The van der Waals surface area contributed by atoms with Gasteiger partial charge in [-0.05, 0) is 195 Å². The molecule has 6 aliphatic rings. The van der Waals surface area contributed by atoms with E-state index in [-0.39, 0.29) is 74.9 Å². The molecule has 18 rings (SSSR count). The summed E-state index contributed by atoms with van der Waals surface area (Å²) in [6, 6.07) is 25.2. The summed E-state index contributed by atoms with van der Waals surface area (Å²) in [4.78, 5) is 160. The van der Waals surface area contributed by atoms with Crippen molar-refractivity contribution in [1.82, 2.24) is 64.7 Å². The fourth-order valence-corrected chi connectivity index (χ4v) is 17.3. The number of nitrogens with one attached hydrogen (secondary N) is 8. The molecule has 0 unspecified atom stereocenters. The van der Waals surface area contributed by atoms with Crippen LogP contribution in [0.2, 0.25) is 5.02 Å². The number of β-amino-alcohol motifs (C(OH)–C–C–N with tert-alkyl or cyclic N) is 1. The maximum atomic E-state index is 12.4. The molecule has 0 radical (unpaired) electrons. The summed E-state index contributed by atoms with van der Waals surface area (Å²) >= 11 is 6.22. The summed E-state index contributed by atoms with van der Waals surface area (Å²) in [5.74, 6) is 3.51. The number of aliphatic hydroxyl groups is 6. The van der Waals surface area contributed by atoms with Gasteiger partial charge in [0.05, 0.1) is 88.0 Å². The number of H-pyrrole nitrogens is 6. The number of aromatic nitrogens is 12. The van der Waals surface area contributed by atoms with Crippen LogP contribution in [0.1, 0.15) is 100.0 Å². The van der Waals surface area contributed by atoms with Gasteiger partial charge in [0.25, 0.3) is 33.4 Å². The largest absolute Gasteiger partial charge is 0.494 e. The molecule has 0 amide bonds. The van der Waals surface area contributed by atoms with Gasteiger partial charge in [0.1, 0.15) is 56.9 Å². The molecule has 147 heavy (non-hydrogen) atoms. The number of anilines is 16. The van der Waals surface area contributed by atoms with Gasteiger partial charge in [0.2, 0.25) is 0 Å². The number of unbranched alkanes of at least 4 members (excludes halogenated alkanes) is 4. The molecule has 0 bridgehead atoms. The van der Waals surface area contributed by atoms with Crippen molar-refractivity contribution in [2.45, 2.75) is 125 Å². The smallest absolute Gasteiger partial charge is 0.279 e. The predicted molar refractivity (Wildman–Crippen MR) is 579 cm³/mol. The van der Waals surface area contributed by atoms with Crippen LogP contribution in [-0.2, 0) is 0 Å². The Morgan fingerprint density at radius 1 is 0.395 bits per heavy atom. The van der Waals surface area contributed by atoms with E-state index >= 15 is 0 Å². The Labute approximate surface area is 850 Å². The van der Waals surface area contributed by atoms with Crippen molar-refractivity contribution in [1.29, 1.82) is 0 Å². The highest BCUT2D eigenvalue weighted by atomic mass is 35.5. The van der Waals surface area contributed by atoms with Gasteiger partial charge >= 0.3 is 0 Å². The topological polar surface area (TPSA) is 532 Å². The zero-order valence-electron chi connectivity index (χ0n) is 85.7. The molecule has 3 atom stereocenters. The summed E-state index contributed by atoms with van der Waals surface area (Å²) in [7, 11) is 16.1. The SMILES string of the molecule is C=c1nc2c(c(=O)[nH]1)=Nc1cc(C)c(Cl)cc1N2C[C@H](O)[C@H](O)[C@H](O)CO.C=c1nc2c(c(=O)[nH]1)=Nc1cc(C)c(N(C)C)cc1N2CCCC.C=c1nc2c(c(=O)[nH]1)=Nc1cc(C)c(N(C)C)cc1N2CCCCCO.C=c1nc2c(c(=O)[nH]1)=Nc1cc(C)c(N(C)C)cc1N2CCCO.C=c1nc2c(c(=O)[nH]1)=Nc1cc(C)c(NCCN(C)C)cc1N2CCCC.C=c1nc2c(c(=O)[nH]1)=Nc1ccc(OCC)cc1N2. The summed E-state index contributed by atoms with van der Waals surface area (Å²) in [6.07, 6.45) is 2.64. The molecule has 0 aliphatic carbocycles. The van der Waals surface area contributed by atoms with E-state index in [2.05, 4.69) is 224 Å². The Balaban J connectivity index is 0.000000148. The van der Waals surface area contributed by atoms with Crippen LogP contribution in [0.5, 0.6) is 5.75 Å². The number of aryl methyl sites for hydroxylation is 5. The normalized spacial score (nSPS) is 13.0. The van der Waals surface area contributed by atoms with E-state index in [4.69, 9.17) is 26.6 Å². The van der Waals surface area contributed by atoms with Crippen molar-refractivity contribution in [2.75, 3.05) is 178 Å². The lowest BCUT2D eigenvalue weighted by molar-refractivity contribution is -0.0726. The van der Waals surface area contributed by atoms with E-state index in [1.54, 1.807) is 25.1 Å². The minimum Gasteiger partial charge on any atom is -0.494 e. The van der Waals surface area contributed by atoms with Crippen LogP contribution in [0.25, 0.3) is 39.5 Å². The van der Waals surface area contributed by atoms with Gasteiger partial charge in [-0.2, -0.15) is 0 Å². The van der Waals surface area contributed by atoms with Crippen LogP contribution in [0, 0.1) is 34.6 Å². The van der Waals surface area contributed by atoms with Crippen molar-refractivity contribution >= 4 is 177 Å². The number of hydrogen-bond donors (Lipinski definition) is 14. The second-order valence-corrected chi connectivity index (χ2v) is 37.1. The minimum absolute atomic E-state index is 0.0287. The lowest BCUT2D eigenvalue weighted by Crippen LogP contribution is -2.48. The predicted octanol–water partition coefficient (Wildman–Crippen LogP) is 4.09. The molecule has 0 spiro atoms. The van der Waals surface area contributed by atoms with Crippen molar-refractivity contribution < 1.29 is 35.4 Å². The Bertz CT molecular complexity index is 8010. The number of nitrogens with zero attached hydrogens (tertiary/aromatic N) is 21. The number of ether oxygens (including phenoxy) is 1. The summed E-state index contributed by atoms with van der Waals surface area (Å²) < 4.78 is 5.43. The zero-order valence-corrected chi connectivity index (χ0v) is 86.5. The first kappa shape index (κ1) is 109. The Hall–Kier alpha value is -15.6. The number of aliphatic hydroxyl groups excluding tert-OH is 6. The Morgan fingerprint density at radius 3 is 1.12 bits per heavy atom. The summed E-state index contributed by atoms with van der Waals surface area (Å²) in [6.45, 7) is 43.0. The molecule has 0 saturated heterocycles. The monoisotopic (exact) mass is 2030 g/mol. The van der Waals surface area contributed by atoms with Gasteiger partial charge < -0.3 is 120 Å². The standard InChI is InChI=1S/C20H28N6O.C19H25N5O2.C18H23N5O.C17H19ClN4O5.C17H21N5O2.C13H12N4O2/c1-6-7-9-26-17-12-15(21-8-10-25(4)5)13(2)11-16(17)24-18-19(26)22-14(3)23-20(18)27;1-12-10-14-16(11-15(12)23(3)4)24(8-6-5-7-9-25)18-17(22-14)19(26)21-13(2)20-18;1-6-7-8-23-15-10-14(22(4)5)11(2)9-13(15)21-16-17(23)19-12(3)20-18(16)24;1-7-3-10-11(4-9(7)18)22(5-12(24)15(26)13(25)6-23)16-14(21-10)17(27)20-8(2)19-16;1-10-8-12-14(9-13(10)21(3)4)22(6-5-7-23)16-15(20-12)17(24)19-11(2)18-16;1-3-19-8-4-5-9-10(6-8)17-12-11(16-9)13(18)15-7(2)14-12/h11-12,21H,3,6-10H2,1-2,4-5H3,(H,23,27);10-11,25H,2,5-9H2,1,3-4H3,(H,21,26);9-10H,3,6-8H2,1-2,4-5H3,(H,20,24);3-4,12-13,15,23-26H,2,5-6H2,1H3,(H,20,27);8-9,23H,2,5-7H2,1,3-4H3,(H,19,24);4-6H,2-3H2,1H3,(H,14,17)(H,15,18)/t;;;12-,13+,15-;;/m...0../s1. The van der Waals surface area contributed by atoms with Gasteiger partial charge in [-0.25, -0.2) is 59.9 Å². The molecule has 43 heteroatoms. The molecule has 12 aromatic rings. The highest BCUT2D eigenvalue weighted by molar-refractivity contribution is 6.31. The van der Waals surface area contributed by atoms with Gasteiger partial charge in [-0.1, -0.05) is 77.8 Å². The van der Waals surface area contributed by atoms with Crippen molar-refractivity contribution in [2.24, 2.45) is 30.0 Å². The molecule has 0 fully saturated rings. The fourth-order valence-electron chi connectivity index (χ4n) is 17.1. The van der Waals surface area contributed by atoms with Crippen LogP contribution in [0.3, 0.4) is 0 Å². The first-order valence-electron chi connectivity index (χ1n) is 48.2. The van der Waals surface area contributed by atoms with E-state index in [1.165, 1.54) is 4.90 Å². The van der Waals surface area contributed by atoms with Gasteiger partial charge in [-0.3, -0.25) is 28.8 Å². The molecule has 12 heterocycles. The molecule has 6 aromatic heterocycles. The van der Waals surface area contributed by atoms with Gasteiger partial charge in [0, 0.05) is 129 Å². The second kappa shape index (κ2) is 47.5. The molecule has 14 N–H and O–H groups in total.